The zero-order valence-electron chi connectivity index (χ0n) is 16.3. The third-order valence-corrected chi connectivity index (χ3v) is 5.78. The van der Waals surface area contributed by atoms with E-state index in [4.69, 9.17) is 14.2 Å². The van der Waals surface area contributed by atoms with Crippen molar-refractivity contribution in [2.24, 2.45) is 4.99 Å². The van der Waals surface area contributed by atoms with Gasteiger partial charge in [0, 0.05) is 16.9 Å². The van der Waals surface area contributed by atoms with Crippen LogP contribution in [0.3, 0.4) is 0 Å². The number of benzene rings is 2. The number of ether oxygens (including phenoxy) is 3. The normalized spacial score (nSPS) is 15.8. The highest BCUT2D eigenvalue weighted by Crippen LogP contribution is 2.29. The van der Waals surface area contributed by atoms with Gasteiger partial charge in [0.05, 0.1) is 23.0 Å². The van der Waals surface area contributed by atoms with Gasteiger partial charge in [-0.05, 0) is 42.5 Å². The van der Waals surface area contributed by atoms with Crippen molar-refractivity contribution in [1.29, 1.82) is 0 Å². The third-order valence-electron chi connectivity index (χ3n) is 4.90. The van der Waals surface area contributed by atoms with Crippen LogP contribution < -0.4 is 29.7 Å². The molecule has 1 amide bonds. The molecule has 0 fully saturated rings. The van der Waals surface area contributed by atoms with Crippen molar-refractivity contribution < 1.29 is 24.1 Å². The Labute approximate surface area is 179 Å². The molecule has 1 aromatic heterocycles. The monoisotopic (exact) mass is 436 g/mol. The molecular formula is C22H16N2O6S. The Morgan fingerprint density at radius 1 is 1.13 bits per heavy atom. The summed E-state index contributed by atoms with van der Waals surface area (Å²) in [6.45, 7) is 0.892. The second-order valence-corrected chi connectivity index (χ2v) is 7.80. The Morgan fingerprint density at radius 2 is 1.84 bits per heavy atom. The fourth-order valence-electron chi connectivity index (χ4n) is 3.39. The highest BCUT2D eigenvalue weighted by molar-refractivity contribution is 7.10. The van der Waals surface area contributed by atoms with Gasteiger partial charge in [0.1, 0.15) is 19.0 Å². The zero-order chi connectivity index (χ0) is 21.5. The van der Waals surface area contributed by atoms with Gasteiger partial charge in [0.15, 0.2) is 11.5 Å². The van der Waals surface area contributed by atoms with Crippen molar-refractivity contribution in [3.63, 3.8) is 0 Å². The molecule has 0 saturated heterocycles. The van der Waals surface area contributed by atoms with Crippen LogP contribution >= 0.6 is 11.3 Å². The predicted molar refractivity (Wildman–Crippen MR) is 114 cm³/mol. The minimum absolute atomic E-state index is 0.248. The van der Waals surface area contributed by atoms with Crippen LogP contribution in [0.1, 0.15) is 4.88 Å². The Morgan fingerprint density at radius 3 is 2.55 bits per heavy atom. The molecule has 2 aliphatic heterocycles. The number of nitrogens with zero attached hydrogens (tertiary/aromatic N) is 2. The first kappa shape index (κ1) is 19.1. The maximum atomic E-state index is 12.6. The number of fused-ring (bicyclic) bond motifs is 2. The number of hydrogen-bond donors (Lipinski definition) is 1. The first-order valence-electron chi connectivity index (χ1n) is 9.39. The van der Waals surface area contributed by atoms with E-state index in [1.165, 1.54) is 10.6 Å². The van der Waals surface area contributed by atoms with Crippen LogP contribution in [-0.4, -0.2) is 35.9 Å². The number of methoxy groups -OCH3 is 1. The first-order chi connectivity index (χ1) is 15.0. The molecule has 8 nitrogen and oxygen atoms in total. The van der Waals surface area contributed by atoms with Gasteiger partial charge in [-0.25, -0.2) is 9.56 Å². The van der Waals surface area contributed by atoms with Crippen LogP contribution in [0, 0.1) is 0 Å². The van der Waals surface area contributed by atoms with E-state index in [2.05, 4.69) is 4.99 Å². The van der Waals surface area contributed by atoms with Crippen LogP contribution in [0.4, 0.5) is 0 Å². The SMILES string of the molecule is COc1ccc(-n2c(O)c(C=C3C=c4cc5c(cc4=NC3=O)OCCO5)sc2=O)cc1. The van der Waals surface area contributed by atoms with E-state index in [1.54, 1.807) is 49.6 Å². The third kappa shape index (κ3) is 3.38. The van der Waals surface area contributed by atoms with E-state index < -0.39 is 5.91 Å². The summed E-state index contributed by atoms with van der Waals surface area (Å²) in [5.41, 5.74) is 0.740. The molecule has 0 saturated carbocycles. The molecule has 0 atom stereocenters. The van der Waals surface area contributed by atoms with E-state index in [-0.39, 0.29) is 21.2 Å². The van der Waals surface area contributed by atoms with Gasteiger partial charge >= 0.3 is 4.87 Å². The summed E-state index contributed by atoms with van der Waals surface area (Å²) in [5.74, 6) is 1.05. The van der Waals surface area contributed by atoms with Crippen LogP contribution in [-0.2, 0) is 4.79 Å². The lowest BCUT2D eigenvalue weighted by Gasteiger charge is -2.18. The van der Waals surface area contributed by atoms with Crippen molar-refractivity contribution >= 4 is 29.4 Å². The van der Waals surface area contributed by atoms with Crippen LogP contribution in [0.15, 0.2) is 51.8 Å². The second kappa shape index (κ2) is 7.44. The van der Waals surface area contributed by atoms with Gasteiger partial charge in [-0.3, -0.25) is 9.59 Å². The van der Waals surface area contributed by atoms with Gasteiger partial charge in [-0.2, -0.15) is 0 Å². The van der Waals surface area contributed by atoms with Gasteiger partial charge in [0.2, 0.25) is 5.88 Å². The number of carbonyl (C=O) groups is 1. The van der Waals surface area contributed by atoms with Crippen molar-refractivity contribution in [1.82, 2.24) is 4.57 Å². The van der Waals surface area contributed by atoms with Gasteiger partial charge in [-0.15, -0.1) is 0 Å². The lowest BCUT2D eigenvalue weighted by Crippen LogP contribution is -2.32. The smallest absolute Gasteiger partial charge is 0.315 e. The molecule has 0 radical (unpaired) electrons. The van der Waals surface area contributed by atoms with E-state index in [0.717, 1.165) is 11.3 Å². The van der Waals surface area contributed by atoms with E-state index in [1.807, 2.05) is 0 Å². The average Bonchev–Trinajstić information content (AvgIpc) is 3.06. The maximum Gasteiger partial charge on any atom is 0.315 e. The van der Waals surface area contributed by atoms with E-state index in [9.17, 15) is 14.7 Å². The quantitative estimate of drug-likeness (QED) is 0.624. The standard InChI is InChI=1S/C22H16N2O6S/c1-28-15-4-2-14(3-5-15)24-21(26)19(31-22(24)27)10-13-8-12-9-17-18(30-7-6-29-17)11-16(12)23-20(13)25/h2-5,8-11,26H,6-7H2,1H3. The molecule has 2 aliphatic rings. The minimum atomic E-state index is -0.472. The Bertz CT molecular complexity index is 1420. The van der Waals surface area contributed by atoms with E-state index >= 15 is 0 Å². The summed E-state index contributed by atoms with van der Waals surface area (Å²) in [7, 11) is 1.55. The van der Waals surface area contributed by atoms with Crippen LogP contribution in [0.2, 0.25) is 0 Å². The number of hydrogen-bond acceptors (Lipinski definition) is 7. The largest absolute Gasteiger partial charge is 0.497 e. The number of aromatic hydroxyl groups is 1. The van der Waals surface area contributed by atoms with Gasteiger partial charge in [0.25, 0.3) is 5.91 Å². The number of rotatable bonds is 3. The minimum Gasteiger partial charge on any atom is -0.497 e. The number of aromatic nitrogens is 1. The molecule has 0 aliphatic carbocycles. The lowest BCUT2D eigenvalue weighted by atomic mass is 10.1. The van der Waals surface area contributed by atoms with Crippen molar-refractivity contribution in [2.75, 3.05) is 20.3 Å². The molecule has 31 heavy (non-hydrogen) atoms. The van der Waals surface area contributed by atoms with Gasteiger partial charge in [-0.1, -0.05) is 11.3 Å². The number of carbonyl (C=O) groups excluding carboxylic acids is 1. The fraction of sp³-hybridized carbons (Fsp3) is 0.136. The number of amides is 1. The summed E-state index contributed by atoms with van der Waals surface area (Å²) in [6.07, 6.45) is 3.12. The molecule has 156 valence electrons. The van der Waals surface area contributed by atoms with E-state index in [0.29, 0.717) is 46.7 Å². The number of thiazole rings is 1. The van der Waals surface area contributed by atoms with Crippen LogP contribution in [0.5, 0.6) is 23.1 Å². The van der Waals surface area contributed by atoms with Gasteiger partial charge < -0.3 is 19.3 Å². The van der Waals surface area contributed by atoms with Crippen molar-refractivity contribution in [3.05, 3.63) is 67.1 Å². The molecule has 0 spiro atoms. The molecule has 9 heteroatoms. The highest BCUT2D eigenvalue weighted by atomic mass is 32.1. The van der Waals surface area contributed by atoms with Crippen LogP contribution in [0.25, 0.3) is 17.8 Å². The molecule has 1 N–H and O–H groups in total. The topological polar surface area (TPSA) is 99.3 Å². The zero-order valence-corrected chi connectivity index (χ0v) is 17.1. The summed E-state index contributed by atoms with van der Waals surface area (Å²) in [5, 5.41) is 11.8. The first-order valence-corrected chi connectivity index (χ1v) is 10.2. The molecule has 3 aromatic rings. The fourth-order valence-corrected chi connectivity index (χ4v) is 4.23. The summed E-state index contributed by atoms with van der Waals surface area (Å²) < 4.78 is 17.4. The summed E-state index contributed by atoms with van der Waals surface area (Å²) in [4.78, 5) is 29.1. The maximum absolute atomic E-state index is 12.6. The predicted octanol–water partition coefficient (Wildman–Crippen LogP) is 1.41. The molecule has 0 unspecified atom stereocenters. The Hall–Kier alpha value is -3.85. The molecule has 0 bridgehead atoms. The Balaban J connectivity index is 1.57. The lowest BCUT2D eigenvalue weighted by molar-refractivity contribution is -0.114. The summed E-state index contributed by atoms with van der Waals surface area (Å²) in [6, 6.07) is 10.1. The average molecular weight is 436 g/mol. The van der Waals surface area contributed by atoms with Crippen molar-refractivity contribution in [2.45, 2.75) is 0 Å². The Kier molecular flexibility index (Phi) is 4.59. The highest BCUT2D eigenvalue weighted by Gasteiger charge is 2.19. The molecular weight excluding hydrogens is 420 g/mol. The second-order valence-electron chi connectivity index (χ2n) is 6.80. The molecule has 5 rings (SSSR count). The molecule has 2 aromatic carbocycles. The summed E-state index contributed by atoms with van der Waals surface area (Å²) >= 11 is 0.837. The van der Waals surface area contributed by atoms with Crippen molar-refractivity contribution in [3.8, 4) is 28.8 Å². The molecule has 3 heterocycles.